The number of hydrogen-bond donors (Lipinski definition) is 8. The Morgan fingerprint density at radius 1 is 0.938 bits per heavy atom. The van der Waals surface area contributed by atoms with Crippen LogP contribution in [0.25, 0.3) is 0 Å². The van der Waals surface area contributed by atoms with Crippen molar-refractivity contribution in [3.05, 3.63) is 70.8 Å². The summed E-state index contributed by atoms with van der Waals surface area (Å²) in [6, 6.07) is 12.9. The van der Waals surface area contributed by atoms with Gasteiger partial charge in [-0.05, 0) is 55.6 Å². The summed E-state index contributed by atoms with van der Waals surface area (Å²) in [6.07, 6.45) is -4.25. The largest absolute Gasteiger partial charge is 0.490 e. The summed E-state index contributed by atoms with van der Waals surface area (Å²) in [5.41, 5.74) is 11.3. The molecule has 48 heavy (non-hydrogen) atoms. The molecular formula is C30H36F3N7O8. The number of nitrogen functional groups attached to an aromatic ring is 1. The van der Waals surface area contributed by atoms with E-state index in [1.807, 2.05) is 0 Å². The molecule has 0 saturated carbocycles. The number of piperazine rings is 1. The minimum atomic E-state index is -5.08. The highest BCUT2D eigenvalue weighted by molar-refractivity contribution is 6.13. The summed E-state index contributed by atoms with van der Waals surface area (Å²) in [5, 5.41) is 32.1. The van der Waals surface area contributed by atoms with Gasteiger partial charge in [0.2, 0.25) is 0 Å². The number of carbonyl (C=O) groups is 6. The number of amides is 3. The zero-order chi connectivity index (χ0) is 36.1. The molecule has 15 nitrogen and oxygen atoms in total. The standard InChI is InChI=1S/C28H35N7O6.C2HF3O2/c29-12-10-18-2-4-20(5-3-18)26(40)33-16-22(36)28(27(41)35(15-14-34-28)17-23(37)38)11-1-13-32-25(39)21-8-6-19(7-9-21)24(30)31;3-2(4,5)1(6)7/h2-9,34H,1,10-17,29H2,(H3,30,31)(H,32,39)(H,33,40)(H,37,38);(H,6,7). The molecule has 1 aliphatic rings. The number of nitrogens with zero attached hydrogens (tertiary/aromatic N) is 1. The number of Topliss-reactive ketones (excluding diaryl/α,β-unsaturated/α-hetero) is 1. The second-order valence-electron chi connectivity index (χ2n) is 10.4. The molecule has 1 heterocycles. The van der Waals surface area contributed by atoms with Crippen molar-refractivity contribution in [3.8, 4) is 0 Å². The highest BCUT2D eigenvalue weighted by Crippen LogP contribution is 2.22. The van der Waals surface area contributed by atoms with Crippen molar-refractivity contribution in [3.63, 3.8) is 0 Å². The average molecular weight is 680 g/mol. The maximum Gasteiger partial charge on any atom is 0.490 e. The summed E-state index contributed by atoms with van der Waals surface area (Å²) >= 11 is 0. The number of carboxylic acids is 2. The summed E-state index contributed by atoms with van der Waals surface area (Å²) in [4.78, 5) is 73.4. The average Bonchev–Trinajstić information content (AvgIpc) is 3.03. The summed E-state index contributed by atoms with van der Waals surface area (Å²) in [7, 11) is 0. The van der Waals surface area contributed by atoms with Gasteiger partial charge in [0.25, 0.3) is 17.7 Å². The highest BCUT2D eigenvalue weighted by atomic mass is 19.4. The molecule has 18 heteroatoms. The number of nitrogens with one attached hydrogen (secondary N) is 4. The molecule has 1 saturated heterocycles. The van der Waals surface area contributed by atoms with Crippen LogP contribution in [0, 0.1) is 5.41 Å². The van der Waals surface area contributed by atoms with Crippen molar-refractivity contribution in [2.75, 3.05) is 39.3 Å². The molecule has 2 aromatic carbocycles. The monoisotopic (exact) mass is 679 g/mol. The molecule has 0 spiro atoms. The lowest BCUT2D eigenvalue weighted by atomic mass is 9.84. The number of amidine groups is 1. The molecule has 0 radical (unpaired) electrons. The second-order valence-corrected chi connectivity index (χ2v) is 10.4. The Kier molecular flexibility index (Phi) is 14.2. The quantitative estimate of drug-likeness (QED) is 0.0565. The van der Waals surface area contributed by atoms with Gasteiger partial charge in [0.1, 0.15) is 12.4 Å². The molecule has 0 aromatic heterocycles. The van der Waals surface area contributed by atoms with Crippen LogP contribution < -0.4 is 27.4 Å². The zero-order valence-corrected chi connectivity index (χ0v) is 25.6. The first-order valence-electron chi connectivity index (χ1n) is 14.4. The van der Waals surface area contributed by atoms with Crippen LogP contribution in [0.1, 0.15) is 44.7 Å². The fourth-order valence-corrected chi connectivity index (χ4v) is 4.58. The number of benzene rings is 2. The third-order valence-corrected chi connectivity index (χ3v) is 7.04. The van der Waals surface area contributed by atoms with Crippen LogP contribution in [-0.4, -0.2) is 107 Å². The van der Waals surface area contributed by atoms with Gasteiger partial charge >= 0.3 is 18.1 Å². The van der Waals surface area contributed by atoms with E-state index in [1.54, 1.807) is 36.4 Å². The number of aliphatic carboxylic acids is 2. The number of carbonyl (C=O) groups excluding carboxylic acids is 4. The Morgan fingerprint density at radius 2 is 1.46 bits per heavy atom. The molecule has 10 N–H and O–H groups in total. The minimum absolute atomic E-state index is 0.0337. The third-order valence-electron chi connectivity index (χ3n) is 7.04. The Morgan fingerprint density at radius 3 is 1.96 bits per heavy atom. The first-order chi connectivity index (χ1) is 22.5. The van der Waals surface area contributed by atoms with Crippen LogP contribution in [-0.2, 0) is 25.6 Å². The molecule has 3 rings (SSSR count). The molecule has 3 amide bonds. The minimum Gasteiger partial charge on any atom is -0.480 e. The number of carboxylic acid groups (broad SMARTS) is 2. The van der Waals surface area contributed by atoms with Crippen molar-refractivity contribution in [1.82, 2.24) is 20.9 Å². The van der Waals surface area contributed by atoms with Gasteiger partial charge in [-0.25, -0.2) is 4.79 Å². The maximum atomic E-state index is 13.5. The van der Waals surface area contributed by atoms with Gasteiger partial charge in [-0.15, -0.1) is 0 Å². The van der Waals surface area contributed by atoms with E-state index in [-0.39, 0.29) is 44.2 Å². The Balaban J connectivity index is 0.00000103. The third kappa shape index (κ3) is 11.2. The molecule has 1 unspecified atom stereocenters. The van der Waals surface area contributed by atoms with Crippen molar-refractivity contribution >= 4 is 41.3 Å². The van der Waals surface area contributed by atoms with Crippen LogP contribution in [0.2, 0.25) is 0 Å². The number of hydrogen-bond acceptors (Lipinski definition) is 9. The fourth-order valence-electron chi connectivity index (χ4n) is 4.58. The molecule has 1 aliphatic heterocycles. The van der Waals surface area contributed by atoms with Crippen molar-refractivity contribution in [2.45, 2.75) is 31.0 Å². The van der Waals surface area contributed by atoms with Gasteiger partial charge in [0.05, 0.1) is 6.54 Å². The predicted octanol–water partition coefficient (Wildman–Crippen LogP) is -0.131. The van der Waals surface area contributed by atoms with E-state index >= 15 is 0 Å². The molecule has 260 valence electrons. The van der Waals surface area contributed by atoms with Gasteiger partial charge in [0, 0.05) is 36.3 Å². The van der Waals surface area contributed by atoms with Gasteiger partial charge < -0.3 is 37.2 Å². The van der Waals surface area contributed by atoms with E-state index in [1.165, 1.54) is 12.1 Å². The Hall–Kier alpha value is -5.36. The Bertz CT molecular complexity index is 1500. The van der Waals surface area contributed by atoms with Crippen molar-refractivity contribution in [2.24, 2.45) is 11.5 Å². The predicted molar refractivity (Wildman–Crippen MR) is 164 cm³/mol. The van der Waals surface area contributed by atoms with Crippen LogP contribution in [0.3, 0.4) is 0 Å². The topological polar surface area (TPSA) is 258 Å². The lowest BCUT2D eigenvalue weighted by Gasteiger charge is -2.41. The SMILES string of the molecule is N=C(N)c1ccc(C(=O)NCCCC2(C(=O)CNC(=O)c3ccc(CCN)cc3)NCCN(CC(=O)O)C2=O)cc1.O=C(O)C(F)(F)F. The maximum absolute atomic E-state index is 13.5. The molecule has 2 aromatic rings. The zero-order valence-electron chi connectivity index (χ0n) is 25.6. The number of alkyl halides is 3. The van der Waals surface area contributed by atoms with E-state index in [9.17, 15) is 42.3 Å². The summed E-state index contributed by atoms with van der Waals surface area (Å²) in [6.45, 7) is -0.148. The van der Waals surface area contributed by atoms with E-state index in [0.717, 1.165) is 10.5 Å². The molecule has 0 aliphatic carbocycles. The van der Waals surface area contributed by atoms with E-state index < -0.39 is 54.3 Å². The van der Waals surface area contributed by atoms with E-state index in [4.69, 9.17) is 26.8 Å². The van der Waals surface area contributed by atoms with Gasteiger partial charge in [-0.2, -0.15) is 13.2 Å². The number of halogens is 3. The lowest BCUT2D eigenvalue weighted by molar-refractivity contribution is -0.192. The first-order valence-corrected chi connectivity index (χ1v) is 14.4. The highest BCUT2D eigenvalue weighted by Gasteiger charge is 2.49. The first kappa shape index (κ1) is 38.8. The molecular weight excluding hydrogens is 643 g/mol. The lowest BCUT2D eigenvalue weighted by Crippen LogP contribution is -2.70. The summed E-state index contributed by atoms with van der Waals surface area (Å²) < 4.78 is 31.7. The fraction of sp³-hybridized carbons (Fsp3) is 0.367. The van der Waals surface area contributed by atoms with E-state index in [0.29, 0.717) is 29.7 Å². The van der Waals surface area contributed by atoms with Crippen molar-refractivity contribution in [1.29, 1.82) is 5.41 Å². The molecule has 0 bridgehead atoms. The number of nitrogens with two attached hydrogens (primary N) is 2. The smallest absolute Gasteiger partial charge is 0.480 e. The van der Waals surface area contributed by atoms with Crippen LogP contribution in [0.4, 0.5) is 13.2 Å². The number of rotatable bonds is 14. The molecule has 1 fully saturated rings. The van der Waals surface area contributed by atoms with Crippen LogP contribution in [0.15, 0.2) is 48.5 Å². The van der Waals surface area contributed by atoms with Crippen molar-refractivity contribution < 1.29 is 52.2 Å². The van der Waals surface area contributed by atoms with Crippen LogP contribution >= 0.6 is 0 Å². The van der Waals surface area contributed by atoms with Gasteiger partial charge in [-0.3, -0.25) is 34.7 Å². The number of ketones is 1. The normalized spacial score (nSPS) is 15.8. The van der Waals surface area contributed by atoms with Gasteiger partial charge in [0.15, 0.2) is 11.3 Å². The van der Waals surface area contributed by atoms with Crippen LogP contribution in [0.5, 0.6) is 0 Å². The second kappa shape index (κ2) is 17.5. The Labute approximate surface area is 272 Å². The summed E-state index contributed by atoms with van der Waals surface area (Å²) in [5.74, 6) is -6.28. The molecule has 1 atom stereocenters. The van der Waals surface area contributed by atoms with Gasteiger partial charge in [-0.1, -0.05) is 24.3 Å². The van der Waals surface area contributed by atoms with E-state index in [2.05, 4.69) is 16.0 Å².